The first-order chi connectivity index (χ1) is 10.6. The second-order valence-corrected chi connectivity index (χ2v) is 7.04. The van der Waals surface area contributed by atoms with E-state index in [2.05, 4.69) is 32.9 Å². The number of rotatable bonds is 4. The summed E-state index contributed by atoms with van der Waals surface area (Å²) in [6.45, 7) is 7.38. The lowest BCUT2D eigenvalue weighted by molar-refractivity contribution is -0.151. The van der Waals surface area contributed by atoms with Crippen LogP contribution in [0.1, 0.15) is 26.3 Å². The largest absolute Gasteiger partial charge is 0.469 e. The van der Waals surface area contributed by atoms with Gasteiger partial charge in [-0.3, -0.25) is 4.79 Å². The number of fused-ring (bicyclic) bond motifs is 2. The van der Waals surface area contributed by atoms with Crippen LogP contribution in [0.4, 0.5) is 0 Å². The summed E-state index contributed by atoms with van der Waals surface area (Å²) < 4.78 is 11.4. The average Bonchev–Trinajstić information content (AvgIpc) is 2.95. The number of carbonyl (C=O) groups is 1. The Kier molecular flexibility index (Phi) is 4.26. The van der Waals surface area contributed by atoms with Gasteiger partial charge in [-0.2, -0.15) is 0 Å². The van der Waals surface area contributed by atoms with Gasteiger partial charge in [-0.15, -0.1) is 0 Å². The lowest BCUT2D eigenvalue weighted by atomic mass is 9.70. The molecule has 0 radical (unpaired) electrons. The Morgan fingerprint density at radius 2 is 1.64 bits per heavy atom. The van der Waals surface area contributed by atoms with E-state index in [0.29, 0.717) is 30.3 Å². The van der Waals surface area contributed by atoms with E-state index in [0.717, 1.165) is 0 Å². The number of benzene rings is 1. The zero-order valence-corrected chi connectivity index (χ0v) is 13.9. The summed E-state index contributed by atoms with van der Waals surface area (Å²) in [7, 11) is 1.50. The Balaban J connectivity index is 1.78. The fraction of sp³-hybridized carbons (Fsp3) is 0.632. The van der Waals surface area contributed by atoms with E-state index in [1.54, 1.807) is 0 Å². The van der Waals surface area contributed by atoms with E-state index in [-0.39, 0.29) is 23.9 Å². The summed E-state index contributed by atoms with van der Waals surface area (Å²) in [4.78, 5) is 12.2. The number of esters is 1. The normalized spacial score (nSPS) is 39.9. The molecule has 0 amide bonds. The lowest BCUT2D eigenvalue weighted by Gasteiger charge is -2.34. The maximum Gasteiger partial charge on any atom is 0.309 e. The smallest absolute Gasteiger partial charge is 0.309 e. The Labute approximate surface area is 133 Å². The predicted molar refractivity (Wildman–Crippen MR) is 85.0 cm³/mol. The number of hydrogen-bond acceptors (Lipinski definition) is 3. The van der Waals surface area contributed by atoms with Gasteiger partial charge in [0, 0.05) is 5.92 Å². The van der Waals surface area contributed by atoms with Crippen molar-refractivity contribution in [2.75, 3.05) is 7.11 Å². The van der Waals surface area contributed by atoms with Crippen molar-refractivity contribution in [3.8, 4) is 0 Å². The number of carbonyl (C=O) groups excluding carboxylic acids is 1. The summed E-state index contributed by atoms with van der Waals surface area (Å²) in [6.07, 6.45) is 0.171. The van der Waals surface area contributed by atoms with Gasteiger partial charge in [-0.05, 0) is 29.2 Å². The fourth-order valence-electron chi connectivity index (χ4n) is 4.95. The summed E-state index contributed by atoms with van der Waals surface area (Å²) in [5, 5.41) is 0. The molecule has 1 aromatic rings. The molecule has 3 rings (SSSR count). The minimum atomic E-state index is -0.0629. The molecule has 0 aromatic heterocycles. The third-order valence-corrected chi connectivity index (χ3v) is 6.15. The quantitative estimate of drug-likeness (QED) is 0.798. The molecule has 2 bridgehead atoms. The van der Waals surface area contributed by atoms with Crippen LogP contribution in [0.3, 0.4) is 0 Å². The molecule has 120 valence electrons. The van der Waals surface area contributed by atoms with E-state index in [4.69, 9.17) is 9.47 Å². The van der Waals surface area contributed by atoms with Crippen LogP contribution in [-0.4, -0.2) is 19.2 Å². The van der Waals surface area contributed by atoms with Crippen molar-refractivity contribution >= 4 is 5.97 Å². The van der Waals surface area contributed by atoms with Crippen molar-refractivity contribution in [2.45, 2.75) is 33.5 Å². The predicted octanol–water partition coefficient (Wildman–Crippen LogP) is 3.53. The van der Waals surface area contributed by atoms with Gasteiger partial charge in [0.1, 0.15) is 0 Å². The Morgan fingerprint density at radius 3 is 2.27 bits per heavy atom. The molecule has 7 atom stereocenters. The lowest BCUT2D eigenvalue weighted by Crippen LogP contribution is -2.36. The highest BCUT2D eigenvalue weighted by molar-refractivity contribution is 5.74. The Bertz CT molecular complexity index is 527. The molecule has 3 nitrogen and oxygen atoms in total. The van der Waals surface area contributed by atoms with Crippen LogP contribution in [-0.2, 0) is 20.9 Å². The first kappa shape index (κ1) is 15.5. The van der Waals surface area contributed by atoms with Gasteiger partial charge in [0.05, 0.1) is 25.7 Å². The standard InChI is InChI=1S/C19H26O3/c1-11-12(2)16-17(19(20)21-4)13(3)15(11)18(16)22-10-14-8-6-5-7-9-14/h5-9,11-13,15-18H,10H2,1-4H3/t11-,12-,13-,15?,16?,17-,18?/m1/s1. The van der Waals surface area contributed by atoms with Crippen LogP contribution in [0.25, 0.3) is 0 Å². The van der Waals surface area contributed by atoms with Gasteiger partial charge >= 0.3 is 5.97 Å². The highest BCUT2D eigenvalue weighted by atomic mass is 16.5. The first-order valence-corrected chi connectivity index (χ1v) is 8.29. The molecule has 3 unspecified atom stereocenters. The van der Waals surface area contributed by atoms with E-state index in [9.17, 15) is 4.79 Å². The molecule has 1 aromatic carbocycles. The van der Waals surface area contributed by atoms with E-state index >= 15 is 0 Å². The molecule has 2 fully saturated rings. The summed E-state index contributed by atoms with van der Waals surface area (Å²) in [6, 6.07) is 10.3. The van der Waals surface area contributed by atoms with Gasteiger partial charge in [-0.25, -0.2) is 0 Å². The average molecular weight is 302 g/mol. The van der Waals surface area contributed by atoms with Gasteiger partial charge < -0.3 is 9.47 Å². The van der Waals surface area contributed by atoms with Crippen molar-refractivity contribution in [1.82, 2.24) is 0 Å². The van der Waals surface area contributed by atoms with Gasteiger partial charge in [0.15, 0.2) is 0 Å². The summed E-state index contributed by atoms with van der Waals surface area (Å²) in [5.74, 6) is 2.10. The van der Waals surface area contributed by atoms with Crippen molar-refractivity contribution in [3.05, 3.63) is 35.9 Å². The van der Waals surface area contributed by atoms with Crippen molar-refractivity contribution in [1.29, 1.82) is 0 Å². The summed E-state index contributed by atoms with van der Waals surface area (Å²) >= 11 is 0. The molecular formula is C19H26O3. The van der Waals surface area contributed by atoms with Gasteiger partial charge in [0.2, 0.25) is 0 Å². The van der Waals surface area contributed by atoms with Crippen LogP contribution < -0.4 is 0 Å². The number of hydrogen-bond donors (Lipinski definition) is 0. The minimum absolute atomic E-state index is 0.0121. The number of methoxy groups -OCH3 is 1. The van der Waals surface area contributed by atoms with Crippen LogP contribution in [0.2, 0.25) is 0 Å². The van der Waals surface area contributed by atoms with Crippen molar-refractivity contribution < 1.29 is 14.3 Å². The minimum Gasteiger partial charge on any atom is -0.469 e. The number of ether oxygens (including phenoxy) is 2. The Hall–Kier alpha value is -1.35. The van der Waals surface area contributed by atoms with Crippen LogP contribution in [0, 0.1) is 35.5 Å². The molecule has 2 aliphatic carbocycles. The zero-order chi connectivity index (χ0) is 15.9. The highest BCUT2D eigenvalue weighted by Gasteiger charge is 2.62. The molecular weight excluding hydrogens is 276 g/mol. The molecule has 3 heteroatoms. The molecule has 0 saturated heterocycles. The molecule has 22 heavy (non-hydrogen) atoms. The molecule has 2 aliphatic rings. The van der Waals surface area contributed by atoms with Crippen LogP contribution in [0.5, 0.6) is 0 Å². The van der Waals surface area contributed by atoms with E-state index < -0.39 is 0 Å². The van der Waals surface area contributed by atoms with E-state index in [1.807, 2.05) is 18.2 Å². The van der Waals surface area contributed by atoms with Crippen LogP contribution in [0.15, 0.2) is 30.3 Å². The van der Waals surface area contributed by atoms with Crippen LogP contribution >= 0.6 is 0 Å². The third-order valence-electron chi connectivity index (χ3n) is 6.15. The Morgan fingerprint density at radius 1 is 1.00 bits per heavy atom. The van der Waals surface area contributed by atoms with Gasteiger partial charge in [0.25, 0.3) is 0 Å². The monoisotopic (exact) mass is 302 g/mol. The second-order valence-electron chi connectivity index (χ2n) is 7.04. The van der Waals surface area contributed by atoms with Gasteiger partial charge in [-0.1, -0.05) is 51.1 Å². The maximum atomic E-state index is 12.2. The third kappa shape index (κ3) is 2.36. The zero-order valence-electron chi connectivity index (χ0n) is 13.9. The first-order valence-electron chi connectivity index (χ1n) is 8.29. The molecule has 0 aliphatic heterocycles. The van der Waals surface area contributed by atoms with E-state index in [1.165, 1.54) is 12.7 Å². The molecule has 0 heterocycles. The topological polar surface area (TPSA) is 35.5 Å². The maximum absolute atomic E-state index is 12.2. The second kappa shape index (κ2) is 6.04. The SMILES string of the molecule is COC(=O)[C@H]1C2C(OCc3ccccc3)C([C@H]1C)[C@H](C)[C@H]2C. The highest BCUT2D eigenvalue weighted by Crippen LogP contribution is 2.59. The molecule has 0 N–H and O–H groups in total. The summed E-state index contributed by atoms with van der Waals surface area (Å²) in [5.41, 5.74) is 1.19. The fourth-order valence-corrected chi connectivity index (χ4v) is 4.95. The van der Waals surface area contributed by atoms with Crippen molar-refractivity contribution in [2.24, 2.45) is 35.5 Å². The molecule has 0 spiro atoms. The molecule has 2 saturated carbocycles. The van der Waals surface area contributed by atoms with Crippen molar-refractivity contribution in [3.63, 3.8) is 0 Å².